The molecule has 5 heteroatoms. The lowest BCUT2D eigenvalue weighted by molar-refractivity contribution is 0.369. The Balaban J connectivity index is 1.83. The fraction of sp³-hybridized carbons (Fsp3) is 0.714. The van der Waals surface area contributed by atoms with Gasteiger partial charge in [-0.25, -0.2) is 4.68 Å². The van der Waals surface area contributed by atoms with Crippen molar-refractivity contribution < 1.29 is 4.74 Å². The number of ether oxygens (including phenoxy) is 1. The van der Waals surface area contributed by atoms with Gasteiger partial charge in [0.1, 0.15) is 0 Å². The zero-order valence-corrected chi connectivity index (χ0v) is 11.6. The van der Waals surface area contributed by atoms with Crippen LogP contribution in [-0.2, 0) is 6.54 Å². The van der Waals surface area contributed by atoms with Gasteiger partial charge >= 0.3 is 0 Å². The van der Waals surface area contributed by atoms with Gasteiger partial charge in [-0.3, -0.25) is 4.79 Å². The fourth-order valence-electron chi connectivity index (χ4n) is 2.56. The molecule has 0 radical (unpaired) electrons. The molecule has 1 heterocycles. The van der Waals surface area contributed by atoms with Gasteiger partial charge in [-0.15, -0.1) is 5.10 Å². The Hall–Kier alpha value is -1.36. The molecule has 0 amide bonds. The summed E-state index contributed by atoms with van der Waals surface area (Å²) in [5, 5.41) is 7.67. The molecule has 0 atom stereocenters. The van der Waals surface area contributed by atoms with Crippen molar-refractivity contribution in [3.8, 4) is 5.88 Å². The third kappa shape index (κ3) is 4.35. The van der Waals surface area contributed by atoms with Gasteiger partial charge in [0.25, 0.3) is 5.56 Å². The highest BCUT2D eigenvalue weighted by Gasteiger charge is 2.11. The van der Waals surface area contributed by atoms with Crippen LogP contribution in [0.2, 0.25) is 0 Å². The number of rotatable bonds is 5. The zero-order chi connectivity index (χ0) is 13.5. The summed E-state index contributed by atoms with van der Waals surface area (Å²) in [6.07, 6.45) is 7.84. The molecule has 2 rings (SSSR count). The van der Waals surface area contributed by atoms with E-state index in [0.717, 1.165) is 6.54 Å². The van der Waals surface area contributed by atoms with Crippen LogP contribution < -0.4 is 15.6 Å². The van der Waals surface area contributed by atoms with E-state index in [4.69, 9.17) is 4.74 Å². The first-order valence-corrected chi connectivity index (χ1v) is 7.15. The molecular formula is C14H23N3O2. The van der Waals surface area contributed by atoms with Gasteiger partial charge in [0.15, 0.2) is 0 Å². The van der Waals surface area contributed by atoms with Crippen molar-refractivity contribution in [2.75, 3.05) is 13.7 Å². The van der Waals surface area contributed by atoms with Crippen molar-refractivity contribution in [3.63, 3.8) is 0 Å². The van der Waals surface area contributed by atoms with Crippen LogP contribution in [0.25, 0.3) is 0 Å². The number of hydrogen-bond acceptors (Lipinski definition) is 4. The molecule has 106 valence electrons. The van der Waals surface area contributed by atoms with E-state index in [9.17, 15) is 4.79 Å². The van der Waals surface area contributed by atoms with Gasteiger partial charge in [0.2, 0.25) is 5.88 Å². The molecule has 1 N–H and O–H groups in total. The molecule has 1 aromatic heterocycles. The number of nitrogens with one attached hydrogen (secondary N) is 1. The molecule has 0 aromatic carbocycles. The second-order valence-electron chi connectivity index (χ2n) is 5.08. The first kappa shape index (κ1) is 14.1. The van der Waals surface area contributed by atoms with Crippen LogP contribution in [0.5, 0.6) is 5.88 Å². The largest absolute Gasteiger partial charge is 0.480 e. The first-order valence-electron chi connectivity index (χ1n) is 7.15. The van der Waals surface area contributed by atoms with Gasteiger partial charge in [-0.1, -0.05) is 25.7 Å². The minimum atomic E-state index is -0.0801. The van der Waals surface area contributed by atoms with Crippen molar-refractivity contribution in [1.29, 1.82) is 0 Å². The van der Waals surface area contributed by atoms with Gasteiger partial charge in [-0.05, 0) is 12.8 Å². The molecule has 0 bridgehead atoms. The molecule has 5 nitrogen and oxygen atoms in total. The molecule has 0 saturated heterocycles. The standard InChI is InChI=1S/C14H23N3O2/c1-19-13-8-9-14(18)17(16-13)11-10-15-12-6-4-2-3-5-7-12/h8-9,12,15H,2-7,10-11H2,1H3. The first-order chi connectivity index (χ1) is 9.29. The zero-order valence-electron chi connectivity index (χ0n) is 11.6. The van der Waals surface area contributed by atoms with Crippen LogP contribution in [0.3, 0.4) is 0 Å². The highest BCUT2D eigenvalue weighted by Crippen LogP contribution is 2.16. The third-order valence-electron chi connectivity index (χ3n) is 3.66. The number of methoxy groups -OCH3 is 1. The average Bonchev–Trinajstić information content (AvgIpc) is 2.69. The summed E-state index contributed by atoms with van der Waals surface area (Å²) in [6, 6.07) is 3.69. The van der Waals surface area contributed by atoms with E-state index < -0.39 is 0 Å². The molecule has 1 aliphatic rings. The summed E-state index contributed by atoms with van der Waals surface area (Å²) in [5.41, 5.74) is -0.0801. The Labute approximate surface area is 114 Å². The third-order valence-corrected chi connectivity index (χ3v) is 3.66. The Bertz CT molecular complexity index is 437. The summed E-state index contributed by atoms with van der Waals surface area (Å²) in [5.74, 6) is 0.481. The second-order valence-corrected chi connectivity index (χ2v) is 5.08. The summed E-state index contributed by atoms with van der Waals surface area (Å²) in [4.78, 5) is 11.6. The van der Waals surface area contributed by atoms with Crippen LogP contribution in [-0.4, -0.2) is 29.5 Å². The van der Waals surface area contributed by atoms with Crippen LogP contribution in [0, 0.1) is 0 Å². The van der Waals surface area contributed by atoms with Gasteiger partial charge < -0.3 is 10.1 Å². The highest BCUT2D eigenvalue weighted by atomic mass is 16.5. The molecule has 1 aromatic rings. The molecule has 0 spiro atoms. The molecule has 1 aliphatic carbocycles. The van der Waals surface area contributed by atoms with Crippen molar-refractivity contribution in [3.05, 3.63) is 22.5 Å². The Morgan fingerprint density at radius 1 is 1.32 bits per heavy atom. The quantitative estimate of drug-likeness (QED) is 0.821. The number of nitrogens with zero attached hydrogens (tertiary/aromatic N) is 2. The van der Waals surface area contributed by atoms with Gasteiger partial charge in [0, 0.05) is 24.7 Å². The summed E-state index contributed by atoms with van der Waals surface area (Å²) in [6.45, 7) is 1.37. The van der Waals surface area contributed by atoms with E-state index in [-0.39, 0.29) is 5.56 Å². The van der Waals surface area contributed by atoms with Crippen LogP contribution >= 0.6 is 0 Å². The predicted octanol–water partition coefficient (Wildman–Crippen LogP) is 1.56. The van der Waals surface area contributed by atoms with Crippen molar-refractivity contribution in [2.45, 2.75) is 51.1 Å². The molecular weight excluding hydrogens is 242 g/mol. The smallest absolute Gasteiger partial charge is 0.267 e. The van der Waals surface area contributed by atoms with Crippen molar-refractivity contribution >= 4 is 0 Å². The Kier molecular flexibility index (Phi) is 5.39. The molecule has 1 saturated carbocycles. The molecule has 19 heavy (non-hydrogen) atoms. The maximum absolute atomic E-state index is 11.6. The highest BCUT2D eigenvalue weighted by molar-refractivity contribution is 5.05. The lowest BCUT2D eigenvalue weighted by atomic mass is 10.1. The van der Waals surface area contributed by atoms with E-state index >= 15 is 0 Å². The molecule has 0 aliphatic heterocycles. The minimum absolute atomic E-state index is 0.0801. The predicted molar refractivity (Wildman–Crippen MR) is 74.5 cm³/mol. The molecule has 0 unspecified atom stereocenters. The maximum atomic E-state index is 11.6. The van der Waals surface area contributed by atoms with E-state index in [0.29, 0.717) is 18.5 Å². The summed E-state index contributed by atoms with van der Waals surface area (Å²) in [7, 11) is 1.56. The van der Waals surface area contributed by atoms with Gasteiger partial charge in [-0.2, -0.15) is 0 Å². The van der Waals surface area contributed by atoms with Crippen LogP contribution in [0.1, 0.15) is 38.5 Å². The Morgan fingerprint density at radius 3 is 2.74 bits per heavy atom. The SMILES string of the molecule is COc1ccc(=O)n(CCNC2CCCCCC2)n1. The number of aromatic nitrogens is 2. The summed E-state index contributed by atoms with van der Waals surface area (Å²) >= 11 is 0. The molecule has 1 fully saturated rings. The topological polar surface area (TPSA) is 56.1 Å². The monoisotopic (exact) mass is 265 g/mol. The summed E-state index contributed by atoms with van der Waals surface area (Å²) < 4.78 is 6.49. The van der Waals surface area contributed by atoms with E-state index in [1.807, 2.05) is 0 Å². The van der Waals surface area contributed by atoms with Crippen LogP contribution in [0.4, 0.5) is 0 Å². The van der Waals surface area contributed by atoms with Crippen LogP contribution in [0.15, 0.2) is 16.9 Å². The Morgan fingerprint density at radius 2 is 2.05 bits per heavy atom. The van der Waals surface area contributed by atoms with Gasteiger partial charge in [0.05, 0.1) is 13.7 Å². The van der Waals surface area contributed by atoms with E-state index in [1.54, 1.807) is 13.2 Å². The number of hydrogen-bond donors (Lipinski definition) is 1. The lowest BCUT2D eigenvalue weighted by Crippen LogP contribution is -2.34. The second kappa shape index (κ2) is 7.28. The normalized spacial score (nSPS) is 17.1. The fourth-order valence-corrected chi connectivity index (χ4v) is 2.56. The van der Waals surface area contributed by atoms with Crippen molar-refractivity contribution in [2.24, 2.45) is 0 Å². The van der Waals surface area contributed by atoms with E-state index in [1.165, 1.54) is 49.3 Å². The van der Waals surface area contributed by atoms with Crippen molar-refractivity contribution in [1.82, 2.24) is 15.1 Å². The minimum Gasteiger partial charge on any atom is -0.480 e. The maximum Gasteiger partial charge on any atom is 0.267 e. The average molecular weight is 265 g/mol. The van der Waals surface area contributed by atoms with E-state index in [2.05, 4.69) is 10.4 Å². The lowest BCUT2D eigenvalue weighted by Gasteiger charge is -2.16.